The van der Waals surface area contributed by atoms with Gasteiger partial charge in [-0.2, -0.15) is 4.31 Å². The fourth-order valence-electron chi connectivity index (χ4n) is 3.12. The molecule has 1 heterocycles. The summed E-state index contributed by atoms with van der Waals surface area (Å²) in [6, 6.07) is 16.3. The molecule has 28 heavy (non-hydrogen) atoms. The molecule has 0 aliphatic carbocycles. The number of piperidine rings is 1. The topological polar surface area (TPSA) is 66.5 Å². The van der Waals surface area contributed by atoms with Gasteiger partial charge in [0.2, 0.25) is 10.0 Å². The third kappa shape index (κ3) is 5.37. The average molecular weight is 419 g/mol. The van der Waals surface area contributed by atoms with Crippen LogP contribution in [0, 0.1) is 5.92 Å². The predicted molar refractivity (Wildman–Crippen MR) is 113 cm³/mol. The van der Waals surface area contributed by atoms with Crippen LogP contribution < -0.4 is 5.32 Å². The Labute approximate surface area is 171 Å². The first-order valence-electron chi connectivity index (χ1n) is 9.53. The molecule has 7 heteroatoms. The van der Waals surface area contributed by atoms with Crippen molar-refractivity contribution in [2.45, 2.75) is 29.6 Å². The summed E-state index contributed by atoms with van der Waals surface area (Å²) in [4.78, 5) is 13.8. The zero-order valence-electron chi connectivity index (χ0n) is 16.0. The van der Waals surface area contributed by atoms with E-state index in [1.165, 1.54) is 10.4 Å². The van der Waals surface area contributed by atoms with Gasteiger partial charge >= 0.3 is 0 Å². The number of benzene rings is 2. The van der Waals surface area contributed by atoms with Gasteiger partial charge in [-0.3, -0.25) is 4.79 Å². The third-order valence-electron chi connectivity index (χ3n) is 4.88. The maximum Gasteiger partial charge on any atom is 0.251 e. The quantitative estimate of drug-likeness (QED) is 0.551. The molecule has 3 rings (SSSR count). The first-order chi connectivity index (χ1) is 13.5. The van der Waals surface area contributed by atoms with E-state index in [9.17, 15) is 13.2 Å². The zero-order valence-corrected chi connectivity index (χ0v) is 17.6. The molecule has 0 atom stereocenters. The van der Waals surface area contributed by atoms with Crippen LogP contribution in [0.25, 0.3) is 0 Å². The number of hydrogen-bond acceptors (Lipinski definition) is 4. The molecule has 1 amide bonds. The molecule has 0 aromatic heterocycles. The monoisotopic (exact) mass is 418 g/mol. The summed E-state index contributed by atoms with van der Waals surface area (Å²) >= 11 is 1.67. The van der Waals surface area contributed by atoms with Crippen LogP contribution in [-0.2, 0) is 10.0 Å². The summed E-state index contributed by atoms with van der Waals surface area (Å²) in [5, 5.41) is 2.87. The highest BCUT2D eigenvalue weighted by Crippen LogP contribution is 2.24. The van der Waals surface area contributed by atoms with Gasteiger partial charge < -0.3 is 5.32 Å². The van der Waals surface area contributed by atoms with Crippen LogP contribution in [0.2, 0.25) is 0 Å². The molecular weight excluding hydrogens is 392 g/mol. The van der Waals surface area contributed by atoms with Crippen LogP contribution in [-0.4, -0.2) is 44.0 Å². The van der Waals surface area contributed by atoms with Crippen LogP contribution >= 0.6 is 11.8 Å². The van der Waals surface area contributed by atoms with Gasteiger partial charge in [-0.1, -0.05) is 31.2 Å². The molecule has 1 N–H and O–H groups in total. The van der Waals surface area contributed by atoms with Crippen molar-refractivity contribution >= 4 is 27.7 Å². The lowest BCUT2D eigenvalue weighted by Crippen LogP contribution is -2.38. The van der Waals surface area contributed by atoms with Crippen LogP contribution in [0.4, 0.5) is 0 Å². The number of rotatable bonds is 7. The van der Waals surface area contributed by atoms with Crippen LogP contribution in [0.15, 0.2) is 64.4 Å². The summed E-state index contributed by atoms with van der Waals surface area (Å²) < 4.78 is 27.3. The van der Waals surface area contributed by atoms with Crippen LogP contribution in [0.1, 0.15) is 30.1 Å². The highest BCUT2D eigenvalue weighted by molar-refractivity contribution is 7.99. The largest absolute Gasteiger partial charge is 0.351 e. The zero-order chi connectivity index (χ0) is 20.0. The summed E-state index contributed by atoms with van der Waals surface area (Å²) in [6.07, 6.45) is 1.75. The Morgan fingerprint density at radius 2 is 1.82 bits per heavy atom. The Morgan fingerprint density at radius 3 is 2.54 bits per heavy atom. The smallest absolute Gasteiger partial charge is 0.251 e. The van der Waals surface area contributed by atoms with E-state index in [1.54, 1.807) is 30.0 Å². The van der Waals surface area contributed by atoms with Crippen molar-refractivity contribution < 1.29 is 13.2 Å². The highest BCUT2D eigenvalue weighted by Gasteiger charge is 2.28. The summed E-state index contributed by atoms with van der Waals surface area (Å²) in [7, 11) is -3.55. The molecule has 0 bridgehead atoms. The Kier molecular flexibility index (Phi) is 7.15. The van der Waals surface area contributed by atoms with E-state index in [4.69, 9.17) is 0 Å². The molecule has 5 nitrogen and oxygen atoms in total. The van der Waals surface area contributed by atoms with Crippen molar-refractivity contribution in [2.24, 2.45) is 5.92 Å². The van der Waals surface area contributed by atoms with Gasteiger partial charge in [-0.15, -0.1) is 11.8 Å². The van der Waals surface area contributed by atoms with E-state index in [-0.39, 0.29) is 10.8 Å². The maximum absolute atomic E-state index is 12.9. The number of nitrogens with zero attached hydrogens (tertiary/aromatic N) is 1. The number of carbonyl (C=O) groups excluding carboxylic acids is 1. The molecule has 1 aliphatic rings. The van der Waals surface area contributed by atoms with Crippen molar-refractivity contribution in [3.63, 3.8) is 0 Å². The fraction of sp³-hybridized carbons (Fsp3) is 0.381. The van der Waals surface area contributed by atoms with Crippen molar-refractivity contribution in [2.75, 3.05) is 25.4 Å². The van der Waals surface area contributed by atoms with Gasteiger partial charge in [-0.05, 0) is 49.1 Å². The molecule has 1 aliphatic heterocycles. The normalized spacial score (nSPS) is 16.0. The Bertz CT molecular complexity index is 893. The number of thioether (sulfide) groups is 1. The number of sulfonamides is 1. The van der Waals surface area contributed by atoms with Gasteiger partial charge in [0, 0.05) is 35.8 Å². The van der Waals surface area contributed by atoms with Gasteiger partial charge in [0.1, 0.15) is 0 Å². The van der Waals surface area contributed by atoms with Gasteiger partial charge in [0.15, 0.2) is 0 Å². The number of hydrogen-bond donors (Lipinski definition) is 1. The molecule has 0 spiro atoms. The number of nitrogens with one attached hydrogen (secondary N) is 1. The Balaban J connectivity index is 1.58. The molecule has 1 saturated heterocycles. The van der Waals surface area contributed by atoms with Crippen LogP contribution in [0.5, 0.6) is 0 Å². The van der Waals surface area contributed by atoms with E-state index in [1.807, 2.05) is 30.3 Å². The summed E-state index contributed by atoms with van der Waals surface area (Å²) in [5.41, 5.74) is 0.371. The number of carbonyl (C=O) groups is 1. The fourth-order valence-corrected chi connectivity index (χ4v) is 5.43. The second-order valence-electron chi connectivity index (χ2n) is 7.03. The predicted octanol–water partition coefficient (Wildman–Crippen LogP) is 3.63. The third-order valence-corrected chi connectivity index (χ3v) is 7.78. The first-order valence-corrected chi connectivity index (χ1v) is 12.0. The van der Waals surface area contributed by atoms with Gasteiger partial charge in [0.25, 0.3) is 5.91 Å². The van der Waals surface area contributed by atoms with E-state index < -0.39 is 10.0 Å². The summed E-state index contributed by atoms with van der Waals surface area (Å²) in [5.74, 6) is 1.05. The highest BCUT2D eigenvalue weighted by atomic mass is 32.2. The van der Waals surface area contributed by atoms with Crippen molar-refractivity contribution in [3.05, 3.63) is 60.2 Å². The molecule has 2 aromatic rings. The minimum absolute atomic E-state index is 0.188. The lowest BCUT2D eigenvalue weighted by atomic mass is 10.0. The molecule has 0 radical (unpaired) electrons. The number of amides is 1. The molecule has 150 valence electrons. The van der Waals surface area contributed by atoms with Crippen molar-refractivity contribution in [3.8, 4) is 0 Å². The lowest BCUT2D eigenvalue weighted by molar-refractivity contribution is 0.0956. The SMILES string of the molecule is CC1CCN(S(=O)(=O)c2cccc(C(=O)NCCSc3ccccc3)c2)CC1. The van der Waals surface area contributed by atoms with Gasteiger partial charge in [0.05, 0.1) is 4.90 Å². The summed E-state index contributed by atoms with van der Waals surface area (Å²) in [6.45, 7) is 3.73. The minimum Gasteiger partial charge on any atom is -0.351 e. The second-order valence-corrected chi connectivity index (χ2v) is 10.1. The van der Waals surface area contributed by atoms with Crippen molar-refractivity contribution in [1.82, 2.24) is 9.62 Å². The Morgan fingerprint density at radius 1 is 1.11 bits per heavy atom. The van der Waals surface area contributed by atoms with E-state index in [2.05, 4.69) is 12.2 Å². The van der Waals surface area contributed by atoms with Gasteiger partial charge in [-0.25, -0.2) is 8.42 Å². The Hall–Kier alpha value is -1.83. The van der Waals surface area contributed by atoms with E-state index in [0.29, 0.717) is 31.1 Å². The molecule has 2 aromatic carbocycles. The second kappa shape index (κ2) is 9.58. The van der Waals surface area contributed by atoms with E-state index >= 15 is 0 Å². The average Bonchev–Trinajstić information content (AvgIpc) is 2.72. The first kappa shape index (κ1) is 20.9. The standard InChI is InChI=1S/C21H26N2O3S2/c1-17-10-13-23(14-11-17)28(25,26)20-9-5-6-18(16-20)21(24)22-12-15-27-19-7-3-2-4-8-19/h2-9,16-17H,10-15H2,1H3,(H,22,24). The minimum atomic E-state index is -3.55. The van der Waals surface area contributed by atoms with E-state index in [0.717, 1.165) is 23.5 Å². The van der Waals surface area contributed by atoms with Crippen LogP contribution in [0.3, 0.4) is 0 Å². The maximum atomic E-state index is 12.9. The molecule has 0 unspecified atom stereocenters. The van der Waals surface area contributed by atoms with Crippen molar-refractivity contribution in [1.29, 1.82) is 0 Å². The molecular formula is C21H26N2O3S2. The lowest BCUT2D eigenvalue weighted by Gasteiger charge is -2.29. The molecule has 0 saturated carbocycles. The molecule has 1 fully saturated rings.